The third kappa shape index (κ3) is 6.77. The number of hydrogen-bond donors (Lipinski definition) is 1. The lowest BCUT2D eigenvalue weighted by Crippen LogP contribution is -2.25. The largest absolute Gasteiger partial charge is 0.460 e. The molecular formula is C19H31N3O4. The van der Waals surface area contributed by atoms with Gasteiger partial charge in [0.15, 0.2) is 0 Å². The molecule has 0 saturated heterocycles. The molecule has 7 heteroatoms. The molecule has 0 radical (unpaired) electrons. The van der Waals surface area contributed by atoms with Gasteiger partial charge in [0.1, 0.15) is 5.60 Å². The van der Waals surface area contributed by atoms with E-state index in [4.69, 9.17) is 15.0 Å². The number of carbonyl (C=O) groups excluding carboxylic acids is 2. The van der Waals surface area contributed by atoms with Gasteiger partial charge in [-0.2, -0.15) is 4.98 Å². The van der Waals surface area contributed by atoms with Crippen molar-refractivity contribution in [2.45, 2.75) is 90.1 Å². The third-order valence-corrected chi connectivity index (χ3v) is 4.73. The minimum absolute atomic E-state index is 0.151. The molecule has 0 spiro atoms. The topological polar surface area (TPSA) is 108 Å². The predicted molar refractivity (Wildman–Crippen MR) is 96.4 cm³/mol. The number of hydrogen-bond acceptors (Lipinski definition) is 6. The van der Waals surface area contributed by atoms with Crippen molar-refractivity contribution in [2.24, 2.45) is 11.7 Å². The minimum Gasteiger partial charge on any atom is -0.460 e. The highest BCUT2D eigenvalue weighted by molar-refractivity contribution is 5.88. The van der Waals surface area contributed by atoms with Crippen molar-refractivity contribution in [2.75, 3.05) is 0 Å². The molecule has 0 bridgehead atoms. The van der Waals surface area contributed by atoms with E-state index < -0.39 is 11.5 Å². The van der Waals surface area contributed by atoms with Crippen LogP contribution in [-0.2, 0) is 9.53 Å². The lowest BCUT2D eigenvalue weighted by atomic mass is 9.84. The molecule has 1 heterocycles. The number of primary amides is 1. The molecule has 1 atom stereocenters. The van der Waals surface area contributed by atoms with Gasteiger partial charge < -0.3 is 15.0 Å². The minimum atomic E-state index is -0.738. The van der Waals surface area contributed by atoms with Gasteiger partial charge in [0.05, 0.1) is 6.42 Å². The van der Waals surface area contributed by atoms with Crippen LogP contribution in [0, 0.1) is 5.92 Å². The Balaban J connectivity index is 1.97. The second-order valence-corrected chi connectivity index (χ2v) is 8.24. The van der Waals surface area contributed by atoms with E-state index >= 15 is 0 Å². The molecule has 2 rings (SSSR count). The molecule has 0 aromatic carbocycles. The van der Waals surface area contributed by atoms with Gasteiger partial charge in [-0.1, -0.05) is 50.1 Å². The standard InChI is InChI=1S/C19H31N3O4/c1-19(2,3)25-15(23)12-14(18-21-17(16(20)24)22-26-18)11-7-10-13-8-5-4-6-9-13/h13-14H,4-12H2,1-3H3,(H2,20,24)/t14-/m1/s1. The number of esters is 1. The van der Waals surface area contributed by atoms with Crippen molar-refractivity contribution in [1.29, 1.82) is 0 Å². The third-order valence-electron chi connectivity index (χ3n) is 4.73. The van der Waals surface area contributed by atoms with Gasteiger partial charge >= 0.3 is 5.97 Å². The van der Waals surface area contributed by atoms with Crippen LogP contribution in [0.25, 0.3) is 0 Å². The van der Waals surface area contributed by atoms with E-state index in [0.717, 1.165) is 25.2 Å². The SMILES string of the molecule is CC(C)(C)OC(=O)C[C@@H](CCCC1CCCCC1)c1nc(C(N)=O)no1. The van der Waals surface area contributed by atoms with Crippen LogP contribution in [0.3, 0.4) is 0 Å². The molecule has 1 saturated carbocycles. The zero-order valence-electron chi connectivity index (χ0n) is 16.1. The normalized spacial score (nSPS) is 17.0. The number of carbonyl (C=O) groups is 2. The van der Waals surface area contributed by atoms with Gasteiger partial charge in [-0.3, -0.25) is 9.59 Å². The van der Waals surface area contributed by atoms with E-state index in [2.05, 4.69) is 10.1 Å². The summed E-state index contributed by atoms with van der Waals surface area (Å²) in [4.78, 5) is 27.5. The Bertz CT molecular complexity index is 600. The van der Waals surface area contributed by atoms with Crippen LogP contribution < -0.4 is 5.73 Å². The second kappa shape index (κ2) is 9.14. The molecule has 1 fully saturated rings. The van der Waals surface area contributed by atoms with Crippen LogP contribution >= 0.6 is 0 Å². The molecule has 1 aliphatic rings. The van der Waals surface area contributed by atoms with Crippen LogP contribution in [0.5, 0.6) is 0 Å². The molecule has 2 N–H and O–H groups in total. The van der Waals surface area contributed by atoms with E-state index in [1.807, 2.05) is 20.8 Å². The van der Waals surface area contributed by atoms with Gasteiger partial charge in [-0.05, 0) is 33.1 Å². The van der Waals surface area contributed by atoms with Gasteiger partial charge in [0, 0.05) is 5.92 Å². The van der Waals surface area contributed by atoms with Crippen molar-refractivity contribution in [3.8, 4) is 0 Å². The van der Waals surface area contributed by atoms with Crippen LogP contribution in [0.4, 0.5) is 0 Å². The lowest BCUT2D eigenvalue weighted by molar-refractivity contribution is -0.155. The first kappa shape index (κ1) is 20.4. The molecule has 1 aromatic rings. The Hall–Kier alpha value is -1.92. The molecule has 26 heavy (non-hydrogen) atoms. The van der Waals surface area contributed by atoms with Crippen molar-refractivity contribution in [1.82, 2.24) is 10.1 Å². The molecule has 0 aliphatic heterocycles. The van der Waals surface area contributed by atoms with Crippen LogP contribution in [0.15, 0.2) is 4.52 Å². The molecule has 7 nitrogen and oxygen atoms in total. The van der Waals surface area contributed by atoms with Crippen LogP contribution in [-0.4, -0.2) is 27.6 Å². The van der Waals surface area contributed by atoms with E-state index in [1.54, 1.807) is 0 Å². The molecular weight excluding hydrogens is 334 g/mol. The summed E-state index contributed by atoms with van der Waals surface area (Å²) in [5.41, 5.74) is 4.65. The maximum Gasteiger partial charge on any atom is 0.307 e. The van der Waals surface area contributed by atoms with Gasteiger partial charge in [0.25, 0.3) is 11.7 Å². The van der Waals surface area contributed by atoms with Crippen molar-refractivity contribution in [3.05, 3.63) is 11.7 Å². The Morgan fingerprint density at radius 3 is 2.54 bits per heavy atom. The zero-order chi connectivity index (χ0) is 19.2. The van der Waals surface area contributed by atoms with E-state index in [-0.39, 0.29) is 30.0 Å². The summed E-state index contributed by atoms with van der Waals surface area (Å²) in [7, 11) is 0. The highest BCUT2D eigenvalue weighted by Crippen LogP contribution is 2.31. The van der Waals surface area contributed by atoms with Crippen LogP contribution in [0.2, 0.25) is 0 Å². The molecule has 146 valence electrons. The van der Waals surface area contributed by atoms with E-state index in [9.17, 15) is 9.59 Å². The number of amides is 1. The molecule has 1 aromatic heterocycles. The first-order chi connectivity index (χ1) is 12.2. The van der Waals surface area contributed by atoms with Gasteiger partial charge in [0.2, 0.25) is 5.89 Å². The molecule has 1 amide bonds. The maximum absolute atomic E-state index is 12.2. The molecule has 0 unspecified atom stereocenters. The zero-order valence-corrected chi connectivity index (χ0v) is 16.1. The number of aromatic nitrogens is 2. The summed E-state index contributed by atoms with van der Waals surface area (Å²) in [6.45, 7) is 5.50. The first-order valence-corrected chi connectivity index (χ1v) is 9.60. The average Bonchev–Trinajstić information content (AvgIpc) is 3.03. The second-order valence-electron chi connectivity index (χ2n) is 8.24. The number of ether oxygens (including phenoxy) is 1. The fourth-order valence-corrected chi connectivity index (χ4v) is 3.53. The fraction of sp³-hybridized carbons (Fsp3) is 0.789. The summed E-state index contributed by atoms with van der Waals surface area (Å²) < 4.78 is 10.6. The molecule has 1 aliphatic carbocycles. The van der Waals surface area contributed by atoms with Crippen molar-refractivity contribution in [3.63, 3.8) is 0 Å². The maximum atomic E-state index is 12.2. The van der Waals surface area contributed by atoms with Crippen molar-refractivity contribution >= 4 is 11.9 Å². The van der Waals surface area contributed by atoms with E-state index in [0.29, 0.717) is 0 Å². The lowest BCUT2D eigenvalue weighted by Gasteiger charge is -2.23. The fourth-order valence-electron chi connectivity index (χ4n) is 3.53. The summed E-state index contributed by atoms with van der Waals surface area (Å²) in [6.07, 6.45) is 9.59. The Morgan fingerprint density at radius 2 is 1.96 bits per heavy atom. The van der Waals surface area contributed by atoms with Gasteiger partial charge in [-0.15, -0.1) is 0 Å². The monoisotopic (exact) mass is 365 g/mol. The van der Waals surface area contributed by atoms with E-state index in [1.165, 1.54) is 32.1 Å². The summed E-state index contributed by atoms with van der Waals surface area (Å²) >= 11 is 0. The quantitative estimate of drug-likeness (QED) is 0.703. The Morgan fingerprint density at radius 1 is 1.27 bits per heavy atom. The predicted octanol–water partition coefficient (Wildman–Crippen LogP) is 3.73. The van der Waals surface area contributed by atoms with Gasteiger partial charge in [-0.25, -0.2) is 0 Å². The highest BCUT2D eigenvalue weighted by Gasteiger charge is 2.27. The summed E-state index contributed by atoms with van der Waals surface area (Å²) in [6, 6.07) is 0. The average molecular weight is 365 g/mol. The highest BCUT2D eigenvalue weighted by atomic mass is 16.6. The Kier molecular flexibility index (Phi) is 7.17. The first-order valence-electron chi connectivity index (χ1n) is 9.60. The number of nitrogens with zero attached hydrogens (tertiary/aromatic N) is 2. The summed E-state index contributed by atoms with van der Waals surface area (Å²) in [5, 5.41) is 3.60. The summed E-state index contributed by atoms with van der Waals surface area (Å²) in [5.74, 6) is -0.393. The number of nitrogens with two attached hydrogens (primary N) is 1. The van der Waals surface area contributed by atoms with Crippen LogP contribution in [0.1, 0.15) is 101 Å². The Labute approximate surface area is 155 Å². The number of rotatable bonds is 8. The smallest absolute Gasteiger partial charge is 0.307 e. The van der Waals surface area contributed by atoms with Crippen molar-refractivity contribution < 1.29 is 18.8 Å².